The number of nitrogens with one attached hydrogen (secondary N) is 1. The summed E-state index contributed by atoms with van der Waals surface area (Å²) in [7, 11) is 0. The molecular weight excluding hydrogens is 456 g/mol. The lowest BCUT2D eigenvalue weighted by Crippen LogP contribution is -2.09. The fraction of sp³-hybridized carbons (Fsp3) is 0.345. The van der Waals surface area contributed by atoms with Gasteiger partial charge in [-0.15, -0.1) is 0 Å². The summed E-state index contributed by atoms with van der Waals surface area (Å²) < 4.78 is 1.06. The fourth-order valence-corrected chi connectivity index (χ4v) is 4.85. The number of anilines is 2. The molecule has 0 spiro atoms. The number of nitrogens with zero attached hydrogens (tertiary/aromatic N) is 1. The predicted octanol–water partition coefficient (Wildman–Crippen LogP) is 9.07. The molecule has 1 aromatic heterocycles. The zero-order valence-corrected chi connectivity index (χ0v) is 21.6. The molecule has 2 nitrogen and oxygen atoms in total. The molecule has 0 saturated heterocycles. The van der Waals surface area contributed by atoms with Crippen LogP contribution in [0, 0.1) is 10.8 Å². The van der Waals surface area contributed by atoms with Gasteiger partial charge in [0.15, 0.2) is 0 Å². The van der Waals surface area contributed by atoms with Gasteiger partial charge in [-0.3, -0.25) is 0 Å². The van der Waals surface area contributed by atoms with Crippen LogP contribution in [-0.4, -0.2) is 4.98 Å². The van der Waals surface area contributed by atoms with Crippen molar-refractivity contribution in [1.82, 2.24) is 4.98 Å². The zero-order valence-electron chi connectivity index (χ0n) is 20.0. The molecule has 0 fully saturated rings. The number of halogens is 1. The molecule has 32 heavy (non-hydrogen) atoms. The van der Waals surface area contributed by atoms with Gasteiger partial charge in [0.25, 0.3) is 0 Å². The van der Waals surface area contributed by atoms with Crippen molar-refractivity contribution in [2.75, 3.05) is 5.32 Å². The second-order valence-electron chi connectivity index (χ2n) is 11.3. The number of pyridine rings is 1. The Kier molecular flexibility index (Phi) is 6.06. The summed E-state index contributed by atoms with van der Waals surface area (Å²) in [5, 5.41) is 7.18. The van der Waals surface area contributed by atoms with Gasteiger partial charge < -0.3 is 5.32 Å². The molecule has 0 saturated carbocycles. The van der Waals surface area contributed by atoms with E-state index in [2.05, 4.69) is 123 Å². The molecule has 0 amide bonds. The van der Waals surface area contributed by atoms with Gasteiger partial charge in [-0.1, -0.05) is 77.9 Å². The van der Waals surface area contributed by atoms with Crippen molar-refractivity contribution in [3.63, 3.8) is 0 Å². The van der Waals surface area contributed by atoms with Gasteiger partial charge in [0.05, 0.1) is 11.2 Å². The van der Waals surface area contributed by atoms with Crippen LogP contribution < -0.4 is 5.32 Å². The molecule has 4 aromatic rings. The summed E-state index contributed by atoms with van der Waals surface area (Å²) in [6, 6.07) is 21.8. The zero-order chi connectivity index (χ0) is 23.1. The van der Waals surface area contributed by atoms with Gasteiger partial charge >= 0.3 is 0 Å². The Morgan fingerprint density at radius 1 is 0.719 bits per heavy atom. The van der Waals surface area contributed by atoms with E-state index >= 15 is 0 Å². The molecule has 3 heteroatoms. The Morgan fingerprint density at radius 2 is 1.31 bits per heavy atom. The van der Waals surface area contributed by atoms with Gasteiger partial charge in [0, 0.05) is 15.2 Å². The van der Waals surface area contributed by atoms with Crippen molar-refractivity contribution in [2.45, 2.75) is 54.4 Å². The van der Waals surface area contributed by atoms with Crippen molar-refractivity contribution < 1.29 is 0 Å². The lowest BCUT2D eigenvalue weighted by atomic mass is 9.87. The molecule has 0 aliphatic heterocycles. The number of benzene rings is 3. The first-order chi connectivity index (χ1) is 15.0. The third kappa shape index (κ3) is 5.32. The topological polar surface area (TPSA) is 24.9 Å². The molecule has 3 aromatic carbocycles. The minimum absolute atomic E-state index is 0.254. The van der Waals surface area contributed by atoms with E-state index in [1.807, 2.05) is 0 Å². The second-order valence-corrected chi connectivity index (χ2v) is 12.1. The minimum Gasteiger partial charge on any atom is -0.339 e. The minimum atomic E-state index is 0.254. The summed E-state index contributed by atoms with van der Waals surface area (Å²) in [5.74, 6) is 0.890. The standard InChI is InChI=1S/C29H33BrN2/c1-28(2,3)17-19-11-13-25-23(15-19)21-9-7-8-10-22(21)27(31-25)32-26-14-12-20(16-24(26)30)18-29(4,5)6/h7-16H,17-18H2,1-6H3,(H,31,32). The molecule has 0 bridgehead atoms. The van der Waals surface area contributed by atoms with E-state index < -0.39 is 0 Å². The van der Waals surface area contributed by atoms with Crippen molar-refractivity contribution in [1.29, 1.82) is 0 Å². The first-order valence-corrected chi connectivity index (χ1v) is 12.1. The van der Waals surface area contributed by atoms with Crippen LogP contribution >= 0.6 is 15.9 Å². The predicted molar refractivity (Wildman–Crippen MR) is 143 cm³/mol. The van der Waals surface area contributed by atoms with Crippen LogP contribution in [0.25, 0.3) is 21.7 Å². The van der Waals surface area contributed by atoms with Crippen molar-refractivity contribution in [3.05, 3.63) is 76.3 Å². The third-order valence-corrected chi connectivity index (χ3v) is 6.18. The van der Waals surface area contributed by atoms with Crippen LogP contribution in [0.2, 0.25) is 0 Å². The molecular formula is C29H33BrN2. The molecule has 0 unspecified atom stereocenters. The molecule has 0 aliphatic rings. The quantitative estimate of drug-likeness (QED) is 0.289. The van der Waals surface area contributed by atoms with E-state index in [9.17, 15) is 0 Å². The maximum Gasteiger partial charge on any atom is 0.139 e. The average Bonchev–Trinajstić information content (AvgIpc) is 2.68. The Bertz CT molecular complexity index is 1280. The molecule has 1 N–H and O–H groups in total. The van der Waals surface area contributed by atoms with Gasteiger partial charge in [0.1, 0.15) is 5.82 Å². The van der Waals surface area contributed by atoms with E-state index in [1.165, 1.54) is 21.9 Å². The first-order valence-electron chi connectivity index (χ1n) is 11.4. The lowest BCUT2D eigenvalue weighted by Gasteiger charge is -2.20. The maximum absolute atomic E-state index is 5.03. The normalized spacial score (nSPS) is 12.5. The second kappa shape index (κ2) is 8.51. The lowest BCUT2D eigenvalue weighted by molar-refractivity contribution is 0.411. The molecule has 0 atom stereocenters. The highest BCUT2D eigenvalue weighted by atomic mass is 79.9. The van der Waals surface area contributed by atoms with E-state index in [0.717, 1.165) is 39.7 Å². The van der Waals surface area contributed by atoms with E-state index in [-0.39, 0.29) is 10.8 Å². The van der Waals surface area contributed by atoms with E-state index in [1.54, 1.807) is 0 Å². The fourth-order valence-electron chi connectivity index (χ4n) is 4.33. The summed E-state index contributed by atoms with van der Waals surface area (Å²) in [6.45, 7) is 13.7. The van der Waals surface area contributed by atoms with Crippen molar-refractivity contribution >= 4 is 49.1 Å². The monoisotopic (exact) mass is 488 g/mol. The van der Waals surface area contributed by atoms with Gasteiger partial charge in [-0.05, 0) is 80.4 Å². The summed E-state index contributed by atoms with van der Waals surface area (Å²) in [6.07, 6.45) is 2.09. The number of hydrogen-bond donors (Lipinski definition) is 1. The molecule has 1 heterocycles. The van der Waals surface area contributed by atoms with Crippen LogP contribution in [-0.2, 0) is 12.8 Å². The van der Waals surface area contributed by atoms with E-state index in [4.69, 9.17) is 4.98 Å². The van der Waals surface area contributed by atoms with Crippen LogP contribution in [0.4, 0.5) is 11.5 Å². The van der Waals surface area contributed by atoms with Crippen LogP contribution in [0.5, 0.6) is 0 Å². The van der Waals surface area contributed by atoms with Gasteiger partial charge in [-0.25, -0.2) is 4.98 Å². The number of rotatable bonds is 4. The summed E-state index contributed by atoms with van der Waals surface area (Å²) in [5.41, 5.74) is 5.25. The average molecular weight is 490 g/mol. The maximum atomic E-state index is 5.03. The molecule has 166 valence electrons. The van der Waals surface area contributed by atoms with Crippen LogP contribution in [0.1, 0.15) is 52.7 Å². The first kappa shape index (κ1) is 22.8. The van der Waals surface area contributed by atoms with Crippen molar-refractivity contribution in [2.24, 2.45) is 10.8 Å². The number of fused-ring (bicyclic) bond motifs is 3. The number of aromatic nitrogens is 1. The Morgan fingerprint density at radius 3 is 1.94 bits per heavy atom. The largest absolute Gasteiger partial charge is 0.339 e. The van der Waals surface area contributed by atoms with Gasteiger partial charge in [0.2, 0.25) is 0 Å². The Balaban J connectivity index is 1.75. The number of hydrogen-bond acceptors (Lipinski definition) is 2. The van der Waals surface area contributed by atoms with E-state index in [0.29, 0.717) is 0 Å². The molecule has 4 rings (SSSR count). The highest BCUT2D eigenvalue weighted by molar-refractivity contribution is 9.10. The summed E-state index contributed by atoms with van der Waals surface area (Å²) in [4.78, 5) is 5.03. The molecule has 0 aliphatic carbocycles. The molecule has 0 radical (unpaired) electrons. The van der Waals surface area contributed by atoms with Crippen molar-refractivity contribution in [3.8, 4) is 0 Å². The Labute approximate surface area is 200 Å². The Hall–Kier alpha value is -2.39. The van der Waals surface area contributed by atoms with Gasteiger partial charge in [-0.2, -0.15) is 0 Å². The third-order valence-electron chi connectivity index (χ3n) is 5.52. The highest BCUT2D eigenvalue weighted by Gasteiger charge is 2.15. The van der Waals surface area contributed by atoms with Crippen LogP contribution in [0.3, 0.4) is 0 Å². The highest BCUT2D eigenvalue weighted by Crippen LogP contribution is 2.35. The smallest absolute Gasteiger partial charge is 0.139 e. The summed E-state index contributed by atoms with van der Waals surface area (Å²) >= 11 is 3.77. The van der Waals surface area contributed by atoms with Crippen LogP contribution in [0.15, 0.2) is 65.1 Å². The SMILES string of the molecule is CC(C)(C)Cc1ccc(Nc2nc3ccc(CC(C)(C)C)cc3c3ccccc23)c(Br)c1.